The maximum atomic E-state index is 12.8. The summed E-state index contributed by atoms with van der Waals surface area (Å²) in [5.74, 6) is 0.496. The molecule has 0 aliphatic carbocycles. The number of piperazine rings is 1. The molecule has 0 bridgehead atoms. The molecule has 2 fully saturated rings. The highest BCUT2D eigenvalue weighted by Gasteiger charge is 2.36. The molecule has 1 aromatic heterocycles. The van der Waals surface area contributed by atoms with Gasteiger partial charge in [-0.15, -0.1) is 0 Å². The van der Waals surface area contributed by atoms with Crippen LogP contribution in [-0.4, -0.2) is 66.5 Å². The van der Waals surface area contributed by atoms with Gasteiger partial charge in [-0.2, -0.15) is 13.2 Å². The second kappa shape index (κ2) is 6.58. The molecule has 5 nitrogen and oxygen atoms in total. The first kappa shape index (κ1) is 17.0. The van der Waals surface area contributed by atoms with Crippen LogP contribution in [0.5, 0.6) is 0 Å². The van der Waals surface area contributed by atoms with Crippen molar-refractivity contribution in [1.29, 1.82) is 0 Å². The van der Waals surface area contributed by atoms with Gasteiger partial charge in [-0.05, 0) is 32.0 Å². The van der Waals surface area contributed by atoms with E-state index >= 15 is 0 Å². The third-order valence-corrected chi connectivity index (χ3v) is 4.72. The molecule has 2 saturated heterocycles. The summed E-state index contributed by atoms with van der Waals surface area (Å²) >= 11 is 0. The number of carbonyl (C=O) groups is 1. The van der Waals surface area contributed by atoms with E-state index in [2.05, 4.69) is 9.88 Å². The number of halogens is 3. The molecule has 3 heterocycles. The number of hydrogen-bond donors (Lipinski definition) is 0. The minimum absolute atomic E-state index is 0.0577. The number of pyridine rings is 1. The Morgan fingerprint density at radius 2 is 1.88 bits per heavy atom. The summed E-state index contributed by atoms with van der Waals surface area (Å²) in [6, 6.07) is 2.06. The average Bonchev–Trinajstić information content (AvgIpc) is 3.04. The Morgan fingerprint density at radius 3 is 2.46 bits per heavy atom. The molecule has 1 aromatic rings. The molecular weight excluding hydrogens is 321 g/mol. The van der Waals surface area contributed by atoms with Gasteiger partial charge in [0, 0.05) is 38.9 Å². The maximum Gasteiger partial charge on any atom is 0.417 e. The summed E-state index contributed by atoms with van der Waals surface area (Å²) in [6.45, 7) is 3.72. The van der Waals surface area contributed by atoms with Crippen molar-refractivity contribution in [2.45, 2.75) is 25.1 Å². The summed E-state index contributed by atoms with van der Waals surface area (Å²) in [7, 11) is 2.02. The summed E-state index contributed by atoms with van der Waals surface area (Å²) in [6.07, 6.45) is -2.00. The van der Waals surface area contributed by atoms with Crippen molar-refractivity contribution in [1.82, 2.24) is 14.8 Å². The van der Waals surface area contributed by atoms with E-state index in [4.69, 9.17) is 0 Å². The van der Waals surface area contributed by atoms with Gasteiger partial charge in [-0.25, -0.2) is 4.98 Å². The van der Waals surface area contributed by atoms with Gasteiger partial charge in [-0.3, -0.25) is 4.79 Å². The molecule has 0 aromatic carbocycles. The van der Waals surface area contributed by atoms with E-state index < -0.39 is 11.7 Å². The van der Waals surface area contributed by atoms with Crippen LogP contribution in [0.1, 0.15) is 18.4 Å². The van der Waals surface area contributed by atoms with E-state index in [-0.39, 0.29) is 11.9 Å². The number of amides is 1. The summed E-state index contributed by atoms with van der Waals surface area (Å²) in [5.41, 5.74) is -0.771. The van der Waals surface area contributed by atoms with Gasteiger partial charge in [0.2, 0.25) is 5.91 Å². The number of likely N-dealkylation sites (N-methyl/N-ethyl adjacent to an activating group) is 1. The van der Waals surface area contributed by atoms with Crippen LogP contribution in [0.25, 0.3) is 0 Å². The standard InChI is InChI=1S/C16H21F3N4O/c1-21-7-9-22(10-8-21)15(24)13-3-2-6-23(13)14-5-4-12(11-20-14)16(17,18)19/h4-5,11,13H,2-3,6-10H2,1H3. The number of aromatic nitrogens is 1. The zero-order chi connectivity index (χ0) is 17.3. The lowest BCUT2D eigenvalue weighted by atomic mass is 10.1. The van der Waals surface area contributed by atoms with Crippen LogP contribution in [0.15, 0.2) is 18.3 Å². The first-order valence-corrected chi connectivity index (χ1v) is 8.13. The molecule has 0 N–H and O–H groups in total. The van der Waals surface area contributed by atoms with Gasteiger partial charge in [-0.1, -0.05) is 0 Å². The quantitative estimate of drug-likeness (QED) is 0.822. The Balaban J connectivity index is 1.72. The van der Waals surface area contributed by atoms with E-state index in [1.165, 1.54) is 6.07 Å². The van der Waals surface area contributed by atoms with Crippen LogP contribution >= 0.6 is 0 Å². The second-order valence-corrected chi connectivity index (χ2v) is 6.38. The molecular formula is C16H21F3N4O. The molecule has 2 aliphatic rings. The Hall–Kier alpha value is -1.83. The lowest BCUT2D eigenvalue weighted by Gasteiger charge is -2.36. The van der Waals surface area contributed by atoms with Gasteiger partial charge in [0.05, 0.1) is 5.56 Å². The topological polar surface area (TPSA) is 39.7 Å². The highest BCUT2D eigenvalue weighted by Crippen LogP contribution is 2.31. The number of nitrogens with zero attached hydrogens (tertiary/aromatic N) is 4. The number of anilines is 1. The summed E-state index contributed by atoms with van der Waals surface area (Å²) in [5, 5.41) is 0. The summed E-state index contributed by atoms with van der Waals surface area (Å²) in [4.78, 5) is 22.6. The van der Waals surface area contributed by atoms with Crippen molar-refractivity contribution in [2.75, 3.05) is 44.7 Å². The number of alkyl halides is 3. The van der Waals surface area contributed by atoms with Crippen molar-refractivity contribution in [3.8, 4) is 0 Å². The SMILES string of the molecule is CN1CCN(C(=O)C2CCCN2c2ccc(C(F)(F)F)cn2)CC1. The largest absolute Gasteiger partial charge is 0.417 e. The lowest BCUT2D eigenvalue weighted by molar-refractivity contribution is -0.138. The zero-order valence-electron chi connectivity index (χ0n) is 13.6. The zero-order valence-corrected chi connectivity index (χ0v) is 13.6. The average molecular weight is 342 g/mol. The van der Waals surface area contributed by atoms with E-state index in [1.807, 2.05) is 16.8 Å². The highest BCUT2D eigenvalue weighted by atomic mass is 19.4. The second-order valence-electron chi connectivity index (χ2n) is 6.38. The van der Waals surface area contributed by atoms with Gasteiger partial charge >= 0.3 is 6.18 Å². The molecule has 1 unspecified atom stereocenters. The molecule has 0 saturated carbocycles. The van der Waals surface area contributed by atoms with Crippen molar-refractivity contribution in [3.05, 3.63) is 23.9 Å². The monoisotopic (exact) mass is 342 g/mol. The van der Waals surface area contributed by atoms with E-state index in [1.54, 1.807) is 0 Å². The molecule has 1 atom stereocenters. The molecule has 0 spiro atoms. The number of hydrogen-bond acceptors (Lipinski definition) is 4. The van der Waals surface area contributed by atoms with Crippen molar-refractivity contribution in [2.24, 2.45) is 0 Å². The molecule has 2 aliphatic heterocycles. The normalized spacial score (nSPS) is 22.9. The van der Waals surface area contributed by atoms with Gasteiger partial charge in [0.25, 0.3) is 0 Å². The van der Waals surface area contributed by atoms with Crippen molar-refractivity contribution < 1.29 is 18.0 Å². The molecule has 8 heteroatoms. The van der Waals surface area contributed by atoms with Crippen molar-refractivity contribution >= 4 is 11.7 Å². The van der Waals surface area contributed by atoms with Gasteiger partial charge in [0.1, 0.15) is 11.9 Å². The van der Waals surface area contributed by atoms with E-state index in [0.717, 1.165) is 31.8 Å². The molecule has 1 amide bonds. The predicted octanol–water partition coefficient (Wildman–Crippen LogP) is 1.84. The molecule has 3 rings (SSSR count). The Kier molecular flexibility index (Phi) is 4.67. The smallest absolute Gasteiger partial charge is 0.345 e. The predicted molar refractivity (Wildman–Crippen MR) is 83.7 cm³/mol. The highest BCUT2D eigenvalue weighted by molar-refractivity contribution is 5.85. The fourth-order valence-electron chi connectivity index (χ4n) is 3.26. The first-order valence-electron chi connectivity index (χ1n) is 8.13. The van der Waals surface area contributed by atoms with Gasteiger partial charge < -0.3 is 14.7 Å². The van der Waals surface area contributed by atoms with Crippen LogP contribution in [0.2, 0.25) is 0 Å². The fourth-order valence-corrected chi connectivity index (χ4v) is 3.26. The Bertz CT molecular complexity index is 582. The van der Waals surface area contributed by atoms with Crippen LogP contribution in [0.3, 0.4) is 0 Å². The Labute approximate surface area is 139 Å². The fraction of sp³-hybridized carbons (Fsp3) is 0.625. The minimum atomic E-state index is -4.40. The molecule has 0 radical (unpaired) electrons. The van der Waals surface area contributed by atoms with Crippen LogP contribution < -0.4 is 4.90 Å². The first-order chi connectivity index (χ1) is 11.4. The summed E-state index contributed by atoms with van der Waals surface area (Å²) < 4.78 is 38.0. The van der Waals surface area contributed by atoms with Crippen molar-refractivity contribution in [3.63, 3.8) is 0 Å². The van der Waals surface area contributed by atoms with Gasteiger partial charge in [0.15, 0.2) is 0 Å². The minimum Gasteiger partial charge on any atom is -0.345 e. The molecule has 24 heavy (non-hydrogen) atoms. The van der Waals surface area contributed by atoms with Crippen LogP contribution in [-0.2, 0) is 11.0 Å². The number of rotatable bonds is 2. The Morgan fingerprint density at radius 1 is 1.17 bits per heavy atom. The van der Waals surface area contributed by atoms with Crippen LogP contribution in [0.4, 0.5) is 19.0 Å². The van der Waals surface area contributed by atoms with E-state index in [9.17, 15) is 18.0 Å². The number of carbonyl (C=O) groups excluding carboxylic acids is 1. The molecule has 132 valence electrons. The lowest BCUT2D eigenvalue weighted by Crippen LogP contribution is -2.53. The van der Waals surface area contributed by atoms with Crippen LogP contribution in [0, 0.1) is 0 Å². The van der Waals surface area contributed by atoms with E-state index in [0.29, 0.717) is 31.9 Å². The third-order valence-electron chi connectivity index (χ3n) is 4.72. The maximum absolute atomic E-state index is 12.8. The third kappa shape index (κ3) is 3.48.